The number of nitrogens with one attached hydrogen (secondary N) is 2. The number of amides is 2. The van der Waals surface area contributed by atoms with Gasteiger partial charge in [0, 0.05) is 45.5 Å². The van der Waals surface area contributed by atoms with E-state index >= 15 is 0 Å². The fourth-order valence-electron chi connectivity index (χ4n) is 3.91. The molecule has 5 heterocycles. The number of thiazole rings is 1. The zero-order valence-electron chi connectivity index (χ0n) is 22.8. The number of aromatic nitrogens is 4. The minimum atomic E-state index is -5.35. The number of thioether (sulfide) groups is 2. The number of aliphatic carboxylic acids is 1. The van der Waals surface area contributed by atoms with Gasteiger partial charge in [-0.15, -0.1) is 23.1 Å². The molecular weight excluding hydrogens is 730 g/mol. The van der Waals surface area contributed by atoms with Gasteiger partial charge in [0.15, 0.2) is 4.34 Å². The van der Waals surface area contributed by atoms with Crippen molar-refractivity contribution in [1.82, 2.24) is 29.5 Å². The summed E-state index contributed by atoms with van der Waals surface area (Å²) < 4.78 is 31.1. The molecule has 3 atom stereocenters. The molecule has 46 heavy (non-hydrogen) atoms. The number of phosphoric acid groups is 1. The molecule has 3 aromatic heterocycles. The number of oxime groups is 1. The number of carboxylic acids is 1. The van der Waals surface area contributed by atoms with Crippen LogP contribution in [0.2, 0.25) is 0 Å². The second-order valence-corrected chi connectivity index (χ2v) is 15.7. The van der Waals surface area contributed by atoms with Crippen LogP contribution in [-0.4, -0.2) is 91.3 Å². The van der Waals surface area contributed by atoms with Gasteiger partial charge in [-0.1, -0.05) is 16.9 Å². The van der Waals surface area contributed by atoms with E-state index < -0.39 is 61.4 Å². The third kappa shape index (κ3) is 7.82. The van der Waals surface area contributed by atoms with Gasteiger partial charge >= 0.3 is 21.5 Å². The van der Waals surface area contributed by atoms with Gasteiger partial charge in [0.05, 0.1) is 5.69 Å². The van der Waals surface area contributed by atoms with Gasteiger partial charge < -0.3 is 29.9 Å². The number of nitrogens with zero attached hydrogens (tertiary/aromatic N) is 6. The first-order valence-corrected chi connectivity index (χ1v) is 19.1. The van der Waals surface area contributed by atoms with E-state index in [4.69, 9.17) is 14.6 Å². The van der Waals surface area contributed by atoms with E-state index in [1.807, 2.05) is 5.38 Å². The molecule has 0 aliphatic carbocycles. The number of hydrogen-bond donors (Lipinski definition) is 6. The van der Waals surface area contributed by atoms with Crippen LogP contribution >= 0.6 is 62.0 Å². The smallest absolute Gasteiger partial charge is 0.477 e. The van der Waals surface area contributed by atoms with Crippen LogP contribution in [0.5, 0.6) is 0 Å². The van der Waals surface area contributed by atoms with Gasteiger partial charge in [0.25, 0.3) is 11.8 Å². The van der Waals surface area contributed by atoms with Crippen LogP contribution in [0.1, 0.15) is 12.7 Å². The number of hydrogen-bond acceptors (Lipinski definition) is 16. The summed E-state index contributed by atoms with van der Waals surface area (Å²) in [5, 5.41) is 18.6. The van der Waals surface area contributed by atoms with Crippen molar-refractivity contribution in [2.24, 2.45) is 5.16 Å². The van der Waals surface area contributed by atoms with Crippen LogP contribution in [0.4, 0.5) is 5.13 Å². The molecule has 0 radical (unpaired) electrons. The molecule has 5 rings (SSSR count). The number of pyridine rings is 1. The predicted molar refractivity (Wildman–Crippen MR) is 166 cm³/mol. The van der Waals surface area contributed by atoms with Gasteiger partial charge in [0.2, 0.25) is 16.7 Å². The van der Waals surface area contributed by atoms with Gasteiger partial charge in [-0.3, -0.25) is 24.6 Å². The highest BCUT2D eigenvalue weighted by molar-refractivity contribution is 8.07. The average molecular weight is 751 g/mol. The Morgan fingerprint density at radius 2 is 1.96 bits per heavy atom. The Bertz CT molecular complexity index is 1830. The molecule has 0 bridgehead atoms. The highest BCUT2D eigenvalue weighted by Gasteiger charge is 2.54. The zero-order chi connectivity index (χ0) is 33.2. The molecule has 244 valence electrons. The van der Waals surface area contributed by atoms with Crippen molar-refractivity contribution in [3.8, 4) is 11.3 Å². The largest absolute Gasteiger partial charge is 0.478 e. The van der Waals surface area contributed by atoms with E-state index in [0.29, 0.717) is 26.5 Å². The molecule has 1 unspecified atom stereocenters. The summed E-state index contributed by atoms with van der Waals surface area (Å²) in [7, 11) is -10.4. The summed E-state index contributed by atoms with van der Waals surface area (Å²) in [4.78, 5) is 84.8. The highest BCUT2D eigenvalue weighted by Crippen LogP contribution is 2.56. The molecular formula is C21H20N8O11P2S4. The lowest BCUT2D eigenvalue weighted by Crippen LogP contribution is -2.71. The summed E-state index contributed by atoms with van der Waals surface area (Å²) in [6.07, 6.45) is 3.26. The molecule has 1 saturated heterocycles. The molecule has 25 heteroatoms. The Morgan fingerprint density at radius 1 is 1.22 bits per heavy atom. The molecule has 6 N–H and O–H groups in total. The molecule has 1 fully saturated rings. The first-order chi connectivity index (χ1) is 21.8. The molecule has 2 aliphatic heterocycles. The SMILES string of the molecule is CCO/N=C(\C(=O)N[C@@H]1C(=O)N2C(C(=O)O)=C(Sc3nc(-c4ccncc4)cs3)CS[C@H]12)c1nsc(NP(=O)(O)OP(=O)(O)O)n1. The van der Waals surface area contributed by atoms with E-state index in [1.54, 1.807) is 36.5 Å². The normalized spacial score (nSPS) is 19.6. The highest BCUT2D eigenvalue weighted by atomic mass is 32.2. The monoisotopic (exact) mass is 750 g/mol. The van der Waals surface area contributed by atoms with Crippen molar-refractivity contribution < 1.29 is 52.4 Å². The van der Waals surface area contributed by atoms with Crippen LogP contribution in [0, 0.1) is 0 Å². The molecule has 0 aromatic carbocycles. The summed E-state index contributed by atoms with van der Waals surface area (Å²) in [5.74, 6) is -3.22. The molecule has 2 aliphatic rings. The fraction of sp³-hybridized carbons (Fsp3) is 0.238. The topological polar surface area (TPSA) is 276 Å². The van der Waals surface area contributed by atoms with Crippen LogP contribution in [0.3, 0.4) is 0 Å². The lowest BCUT2D eigenvalue weighted by Gasteiger charge is -2.49. The molecule has 3 aromatic rings. The average Bonchev–Trinajstić information content (AvgIpc) is 3.64. The van der Waals surface area contributed by atoms with Crippen molar-refractivity contribution in [2.45, 2.75) is 22.7 Å². The minimum Gasteiger partial charge on any atom is -0.477 e. The quantitative estimate of drug-likeness (QED) is 0.0630. The molecule has 2 amide bonds. The maximum Gasteiger partial charge on any atom is 0.478 e. The summed E-state index contributed by atoms with van der Waals surface area (Å²) >= 11 is 4.11. The van der Waals surface area contributed by atoms with Crippen molar-refractivity contribution in [2.75, 3.05) is 17.4 Å². The number of carbonyl (C=O) groups is 3. The van der Waals surface area contributed by atoms with Gasteiger partial charge in [0.1, 0.15) is 23.7 Å². The number of fused-ring (bicyclic) bond motifs is 1. The maximum absolute atomic E-state index is 13.2. The van der Waals surface area contributed by atoms with Gasteiger partial charge in [-0.2, -0.15) is 13.7 Å². The first kappa shape index (κ1) is 34.1. The Hall–Kier alpha value is -3.24. The van der Waals surface area contributed by atoms with Crippen LogP contribution in [0.15, 0.2) is 50.0 Å². The molecule has 0 spiro atoms. The number of rotatable bonds is 13. The second kappa shape index (κ2) is 13.9. The number of anilines is 1. The number of carbonyl (C=O) groups excluding carboxylic acids is 2. The third-order valence-electron chi connectivity index (χ3n) is 5.68. The van der Waals surface area contributed by atoms with Gasteiger partial charge in [-0.05, 0) is 19.1 Å². The van der Waals surface area contributed by atoms with E-state index in [2.05, 4.69) is 34.1 Å². The third-order valence-corrected chi connectivity index (χ3v) is 12.2. The Labute approximate surface area is 274 Å². The summed E-state index contributed by atoms with van der Waals surface area (Å²) in [6.45, 7) is 1.58. The molecule has 19 nitrogen and oxygen atoms in total. The van der Waals surface area contributed by atoms with E-state index in [9.17, 15) is 33.5 Å². The Morgan fingerprint density at radius 3 is 2.63 bits per heavy atom. The maximum atomic E-state index is 13.2. The summed E-state index contributed by atoms with van der Waals surface area (Å²) in [5.41, 5.74) is 0.769. The fourth-order valence-corrected chi connectivity index (χ4v) is 9.91. The zero-order valence-corrected chi connectivity index (χ0v) is 27.9. The second-order valence-electron chi connectivity index (χ2n) is 8.76. The Kier molecular flexibility index (Phi) is 10.3. The van der Waals surface area contributed by atoms with Crippen molar-refractivity contribution in [3.63, 3.8) is 0 Å². The van der Waals surface area contributed by atoms with Crippen molar-refractivity contribution in [1.29, 1.82) is 0 Å². The lowest BCUT2D eigenvalue weighted by atomic mass is 10.0. The van der Waals surface area contributed by atoms with E-state index in [1.165, 1.54) is 23.1 Å². The molecule has 0 saturated carbocycles. The lowest BCUT2D eigenvalue weighted by molar-refractivity contribution is -0.150. The predicted octanol–water partition coefficient (Wildman–Crippen LogP) is 1.91. The van der Waals surface area contributed by atoms with Crippen LogP contribution in [-0.2, 0) is 32.7 Å². The summed E-state index contributed by atoms with van der Waals surface area (Å²) in [6, 6.07) is 2.43. The Balaban J connectivity index is 1.30. The van der Waals surface area contributed by atoms with Gasteiger partial charge in [-0.25, -0.2) is 18.9 Å². The van der Waals surface area contributed by atoms with Crippen LogP contribution < -0.4 is 10.4 Å². The standard InChI is InChI=1S/C21H20N8O11P2S4/c1-2-39-26-12(15-25-20(46-28-15)27-41(34,35)40-42(36,37)38)16(30)24-13-17(31)29-14(19(32)33)11(8-43-18(13)29)45-21-23-10(7-44-21)9-3-5-22-6-4-9/h3-7,13,18H,2,8H2,1H3,(H,24,30)(H,32,33)(H2,36,37,38)(H2,25,27,28,34,35)/b26-12-/t13-,18-/m1/s1. The van der Waals surface area contributed by atoms with Crippen molar-refractivity contribution in [3.05, 3.63) is 46.3 Å². The van der Waals surface area contributed by atoms with E-state index in [-0.39, 0.29) is 18.1 Å². The minimum absolute atomic E-state index is 0.0129. The van der Waals surface area contributed by atoms with E-state index in [0.717, 1.165) is 22.2 Å². The van der Waals surface area contributed by atoms with Crippen LogP contribution in [0.25, 0.3) is 11.3 Å². The first-order valence-electron chi connectivity index (χ1n) is 12.4. The number of β-lactam (4-membered cyclic amide) rings is 1. The van der Waals surface area contributed by atoms with Crippen molar-refractivity contribution >= 4 is 90.6 Å². The number of carboxylic acid groups (broad SMARTS) is 1.